The van der Waals surface area contributed by atoms with Crippen molar-refractivity contribution in [2.45, 2.75) is 19.3 Å². The topological polar surface area (TPSA) is 65.2 Å². The Bertz CT molecular complexity index is 350. The van der Waals surface area contributed by atoms with Crippen molar-refractivity contribution in [3.63, 3.8) is 0 Å². The van der Waals surface area contributed by atoms with E-state index >= 15 is 0 Å². The maximum absolute atomic E-state index is 9.02. The normalized spacial score (nSPS) is 60.0. The van der Waals surface area contributed by atoms with Gasteiger partial charge < -0.3 is 10.4 Å². The van der Waals surface area contributed by atoms with E-state index in [1.807, 2.05) is 0 Å². The second-order valence-corrected chi connectivity index (χ2v) is 5.53. The minimum Gasteiger partial charge on any atom is -0.411 e. The van der Waals surface area contributed by atoms with E-state index in [2.05, 4.69) is 10.3 Å². The van der Waals surface area contributed by atoms with Crippen LogP contribution in [0.5, 0.6) is 0 Å². The fraction of sp³-hybridized carbons (Fsp3) is 0.818. The number of fused-ring (bicyclic) bond motifs is 2. The van der Waals surface area contributed by atoms with Gasteiger partial charge in [0, 0.05) is 11.8 Å². The summed E-state index contributed by atoms with van der Waals surface area (Å²) in [6.07, 6.45) is 3.24. The molecular formula is C11H14N2O2. The summed E-state index contributed by atoms with van der Waals surface area (Å²) in [6.45, 7) is 0. The lowest BCUT2D eigenvalue weighted by molar-refractivity contribution is 0.240. The summed E-state index contributed by atoms with van der Waals surface area (Å²) in [5.74, 6) is 3.65. The Hall–Kier alpha value is -1.06. The third kappa shape index (κ3) is 0.703. The molecule has 4 aliphatic carbocycles. The molecule has 4 heteroatoms. The summed E-state index contributed by atoms with van der Waals surface area (Å²) >= 11 is 0. The van der Waals surface area contributed by atoms with Gasteiger partial charge in [-0.05, 0) is 42.9 Å². The van der Waals surface area contributed by atoms with E-state index in [4.69, 9.17) is 10.4 Å². The van der Waals surface area contributed by atoms with Crippen molar-refractivity contribution in [1.82, 2.24) is 0 Å². The minimum atomic E-state index is 0.398. The Morgan fingerprint density at radius 3 is 1.67 bits per heavy atom. The molecule has 0 amide bonds. The molecule has 0 aliphatic heterocycles. The largest absolute Gasteiger partial charge is 0.411 e. The molecule has 4 rings (SSSR count). The number of hydrogen-bond donors (Lipinski definition) is 2. The Morgan fingerprint density at radius 2 is 1.27 bits per heavy atom. The number of oxime groups is 2. The first-order chi connectivity index (χ1) is 7.35. The van der Waals surface area contributed by atoms with Crippen molar-refractivity contribution in [2.75, 3.05) is 0 Å². The van der Waals surface area contributed by atoms with Gasteiger partial charge in [0.1, 0.15) is 0 Å². The predicted molar refractivity (Wildman–Crippen MR) is 53.2 cm³/mol. The smallest absolute Gasteiger partial charge is 0.0614 e. The second kappa shape index (κ2) is 2.36. The standard InChI is InChI=1S/C11H14N2O2/c14-12-8-2-4-5-3-9(13-15)11-7(5)1-6(4)10(8)11/h4-7,10-11,14-15H,1-3H2/b12-8-,13-9-. The van der Waals surface area contributed by atoms with Crippen molar-refractivity contribution >= 4 is 11.4 Å². The fourth-order valence-corrected chi connectivity index (χ4v) is 5.14. The van der Waals surface area contributed by atoms with Crippen LogP contribution >= 0.6 is 0 Å². The van der Waals surface area contributed by atoms with Crippen molar-refractivity contribution in [3.8, 4) is 0 Å². The zero-order valence-corrected chi connectivity index (χ0v) is 8.37. The summed E-state index contributed by atoms with van der Waals surface area (Å²) in [5.41, 5.74) is 1.95. The van der Waals surface area contributed by atoms with E-state index in [1.54, 1.807) is 0 Å². The first-order valence-corrected chi connectivity index (χ1v) is 5.76. The van der Waals surface area contributed by atoms with Gasteiger partial charge in [0.05, 0.1) is 11.4 Å². The van der Waals surface area contributed by atoms with Crippen LogP contribution < -0.4 is 0 Å². The van der Waals surface area contributed by atoms with Crippen LogP contribution in [0.2, 0.25) is 0 Å². The van der Waals surface area contributed by atoms with E-state index in [1.165, 1.54) is 6.42 Å². The molecular weight excluding hydrogens is 192 g/mol. The number of hydrogen-bond acceptors (Lipinski definition) is 4. The Kier molecular flexibility index (Phi) is 1.28. The molecule has 6 atom stereocenters. The highest BCUT2D eigenvalue weighted by Crippen LogP contribution is 2.68. The van der Waals surface area contributed by atoms with Crippen LogP contribution in [0.1, 0.15) is 19.3 Å². The number of nitrogens with zero attached hydrogens (tertiary/aromatic N) is 2. The van der Waals surface area contributed by atoms with E-state index in [-0.39, 0.29) is 0 Å². The van der Waals surface area contributed by atoms with Gasteiger partial charge in [0.15, 0.2) is 0 Å². The van der Waals surface area contributed by atoms with Gasteiger partial charge in [0.25, 0.3) is 0 Å². The predicted octanol–water partition coefficient (Wildman–Crippen LogP) is 1.57. The van der Waals surface area contributed by atoms with Crippen LogP contribution in [0.25, 0.3) is 0 Å². The molecule has 2 N–H and O–H groups in total. The van der Waals surface area contributed by atoms with Crippen LogP contribution in [-0.4, -0.2) is 21.8 Å². The van der Waals surface area contributed by atoms with Crippen molar-refractivity contribution in [2.24, 2.45) is 45.8 Å². The van der Waals surface area contributed by atoms with Crippen LogP contribution in [-0.2, 0) is 0 Å². The zero-order valence-electron chi connectivity index (χ0n) is 8.37. The lowest BCUT2D eigenvalue weighted by Crippen LogP contribution is -2.26. The number of rotatable bonds is 0. The van der Waals surface area contributed by atoms with Crippen molar-refractivity contribution in [3.05, 3.63) is 0 Å². The first-order valence-electron chi connectivity index (χ1n) is 5.76. The Morgan fingerprint density at radius 1 is 0.800 bits per heavy atom. The zero-order chi connectivity index (χ0) is 10.2. The summed E-state index contributed by atoms with van der Waals surface area (Å²) in [7, 11) is 0. The highest BCUT2D eigenvalue weighted by atomic mass is 16.4. The molecule has 0 spiro atoms. The van der Waals surface area contributed by atoms with Crippen molar-refractivity contribution < 1.29 is 10.4 Å². The molecule has 4 saturated carbocycles. The Balaban J connectivity index is 1.87. The van der Waals surface area contributed by atoms with Crippen LogP contribution in [0.15, 0.2) is 10.3 Å². The molecule has 2 bridgehead atoms. The molecule has 0 aromatic rings. The van der Waals surface area contributed by atoms with Gasteiger partial charge in [-0.2, -0.15) is 0 Å². The maximum atomic E-state index is 9.02. The average Bonchev–Trinajstić information content (AvgIpc) is 2.83. The van der Waals surface area contributed by atoms with Crippen molar-refractivity contribution in [1.29, 1.82) is 0 Å². The van der Waals surface area contributed by atoms with Crippen LogP contribution in [0.3, 0.4) is 0 Å². The summed E-state index contributed by atoms with van der Waals surface area (Å²) in [6, 6.07) is 0. The Labute approximate surface area is 87.7 Å². The quantitative estimate of drug-likeness (QED) is 0.466. The third-order valence-corrected chi connectivity index (χ3v) is 5.42. The molecule has 0 aromatic heterocycles. The maximum Gasteiger partial charge on any atom is 0.0614 e. The molecule has 4 aliphatic rings. The molecule has 0 aromatic carbocycles. The highest BCUT2D eigenvalue weighted by Gasteiger charge is 2.67. The lowest BCUT2D eigenvalue weighted by Gasteiger charge is -2.24. The molecule has 80 valence electrons. The van der Waals surface area contributed by atoms with Gasteiger partial charge >= 0.3 is 0 Å². The SMILES string of the molecule is O/N=C1/CC2C3C/C(=N/O)C4C3CC2C14. The minimum absolute atomic E-state index is 0.398. The van der Waals surface area contributed by atoms with Gasteiger partial charge in [-0.25, -0.2) is 0 Å². The van der Waals surface area contributed by atoms with Crippen LogP contribution in [0.4, 0.5) is 0 Å². The van der Waals surface area contributed by atoms with Gasteiger partial charge in [0.2, 0.25) is 0 Å². The van der Waals surface area contributed by atoms with Crippen LogP contribution in [0, 0.1) is 35.5 Å². The van der Waals surface area contributed by atoms with E-state index in [0.717, 1.165) is 36.1 Å². The highest BCUT2D eigenvalue weighted by molar-refractivity contribution is 6.00. The first kappa shape index (κ1) is 8.13. The van der Waals surface area contributed by atoms with Gasteiger partial charge in [-0.3, -0.25) is 0 Å². The molecule has 6 unspecified atom stereocenters. The summed E-state index contributed by atoms with van der Waals surface area (Å²) < 4.78 is 0. The van der Waals surface area contributed by atoms with E-state index < -0.39 is 0 Å². The molecule has 4 fully saturated rings. The van der Waals surface area contributed by atoms with Gasteiger partial charge in [-0.1, -0.05) is 10.3 Å². The average molecular weight is 206 g/mol. The lowest BCUT2D eigenvalue weighted by atomic mass is 9.79. The molecule has 4 nitrogen and oxygen atoms in total. The molecule has 0 heterocycles. The summed E-state index contributed by atoms with van der Waals surface area (Å²) in [5, 5.41) is 25.0. The second-order valence-electron chi connectivity index (χ2n) is 5.53. The van der Waals surface area contributed by atoms with E-state index in [0.29, 0.717) is 23.7 Å². The van der Waals surface area contributed by atoms with E-state index in [9.17, 15) is 0 Å². The fourth-order valence-electron chi connectivity index (χ4n) is 5.14. The molecule has 15 heavy (non-hydrogen) atoms. The molecule has 0 radical (unpaired) electrons. The summed E-state index contributed by atoms with van der Waals surface area (Å²) in [4.78, 5) is 0. The third-order valence-electron chi connectivity index (χ3n) is 5.42. The van der Waals surface area contributed by atoms with Gasteiger partial charge in [-0.15, -0.1) is 0 Å². The monoisotopic (exact) mass is 206 g/mol. The molecule has 0 saturated heterocycles.